The minimum atomic E-state index is -2.95. The summed E-state index contributed by atoms with van der Waals surface area (Å²) in [5.41, 5.74) is 1.95. The number of ether oxygens (including phenoxy) is 2. The first-order chi connectivity index (χ1) is 14.0. The standard InChI is InChI=1S/C20H18ClF2N3O3/c1-28-18-8-13(6-7-17(18)29-20(22)23)9-24-19(27)15-10-25-26(12-15)11-14-4-2-3-5-16(14)21/h2-8,10,12,20H,9,11H2,1H3,(H,24,27). The van der Waals surface area contributed by atoms with Crippen LogP contribution in [0.3, 0.4) is 0 Å². The van der Waals surface area contributed by atoms with E-state index in [4.69, 9.17) is 16.3 Å². The number of nitrogens with one attached hydrogen (secondary N) is 1. The van der Waals surface area contributed by atoms with Crippen molar-refractivity contribution in [3.8, 4) is 11.5 Å². The van der Waals surface area contributed by atoms with Crippen LogP contribution in [0.15, 0.2) is 54.9 Å². The lowest BCUT2D eigenvalue weighted by Crippen LogP contribution is -2.22. The number of alkyl halides is 2. The van der Waals surface area contributed by atoms with Gasteiger partial charge in [-0.05, 0) is 29.3 Å². The van der Waals surface area contributed by atoms with Crippen LogP contribution in [-0.4, -0.2) is 29.4 Å². The van der Waals surface area contributed by atoms with E-state index in [0.717, 1.165) is 5.56 Å². The summed E-state index contributed by atoms with van der Waals surface area (Å²) in [6, 6.07) is 11.9. The summed E-state index contributed by atoms with van der Waals surface area (Å²) in [5, 5.41) is 7.56. The Morgan fingerprint density at radius 1 is 1.24 bits per heavy atom. The van der Waals surface area contributed by atoms with Crippen LogP contribution in [0.1, 0.15) is 21.5 Å². The van der Waals surface area contributed by atoms with Gasteiger partial charge in [-0.25, -0.2) is 0 Å². The molecule has 3 aromatic rings. The first kappa shape index (κ1) is 20.6. The maximum absolute atomic E-state index is 12.4. The lowest BCUT2D eigenvalue weighted by atomic mass is 10.2. The van der Waals surface area contributed by atoms with Crippen LogP contribution in [0.25, 0.3) is 0 Å². The van der Waals surface area contributed by atoms with Gasteiger partial charge in [-0.2, -0.15) is 13.9 Å². The van der Waals surface area contributed by atoms with E-state index in [9.17, 15) is 13.6 Å². The number of benzene rings is 2. The fourth-order valence-corrected chi connectivity index (χ4v) is 2.86. The van der Waals surface area contributed by atoms with Crippen molar-refractivity contribution in [2.75, 3.05) is 7.11 Å². The zero-order chi connectivity index (χ0) is 20.8. The van der Waals surface area contributed by atoms with Gasteiger partial charge in [0.25, 0.3) is 5.91 Å². The maximum Gasteiger partial charge on any atom is 0.387 e. The lowest BCUT2D eigenvalue weighted by Gasteiger charge is -2.11. The number of carbonyl (C=O) groups is 1. The highest BCUT2D eigenvalue weighted by molar-refractivity contribution is 6.31. The monoisotopic (exact) mass is 421 g/mol. The summed E-state index contributed by atoms with van der Waals surface area (Å²) in [6.07, 6.45) is 3.09. The van der Waals surface area contributed by atoms with E-state index in [1.165, 1.54) is 25.4 Å². The molecule has 0 atom stereocenters. The summed E-state index contributed by atoms with van der Waals surface area (Å²) in [4.78, 5) is 12.4. The third-order valence-corrected chi connectivity index (χ3v) is 4.45. The van der Waals surface area contributed by atoms with Crippen LogP contribution in [0.2, 0.25) is 5.02 Å². The molecule has 0 radical (unpaired) electrons. The first-order valence-corrected chi connectivity index (χ1v) is 9.00. The second-order valence-corrected chi connectivity index (χ2v) is 6.47. The number of halogens is 3. The maximum atomic E-state index is 12.4. The third kappa shape index (κ3) is 5.45. The van der Waals surface area contributed by atoms with Crippen molar-refractivity contribution in [2.24, 2.45) is 0 Å². The number of rotatable bonds is 8. The van der Waals surface area contributed by atoms with Crippen molar-refractivity contribution in [2.45, 2.75) is 19.7 Å². The average molecular weight is 422 g/mol. The van der Waals surface area contributed by atoms with Crippen LogP contribution in [-0.2, 0) is 13.1 Å². The van der Waals surface area contributed by atoms with Gasteiger partial charge in [-0.3, -0.25) is 9.48 Å². The minimum Gasteiger partial charge on any atom is -0.493 e. The summed E-state index contributed by atoms with van der Waals surface area (Å²) in [7, 11) is 1.35. The molecule has 152 valence electrons. The molecule has 6 nitrogen and oxygen atoms in total. The van der Waals surface area contributed by atoms with Crippen molar-refractivity contribution in [3.63, 3.8) is 0 Å². The van der Waals surface area contributed by atoms with Crippen LogP contribution < -0.4 is 14.8 Å². The van der Waals surface area contributed by atoms with E-state index in [1.54, 1.807) is 23.0 Å². The van der Waals surface area contributed by atoms with Gasteiger partial charge >= 0.3 is 6.61 Å². The Morgan fingerprint density at radius 2 is 2.03 bits per heavy atom. The fraction of sp³-hybridized carbons (Fsp3) is 0.200. The van der Waals surface area contributed by atoms with Gasteiger partial charge in [0, 0.05) is 17.8 Å². The van der Waals surface area contributed by atoms with E-state index >= 15 is 0 Å². The minimum absolute atomic E-state index is 0.0709. The van der Waals surface area contributed by atoms with Crippen LogP contribution in [0.4, 0.5) is 8.78 Å². The topological polar surface area (TPSA) is 65.4 Å². The van der Waals surface area contributed by atoms with Crippen LogP contribution >= 0.6 is 11.6 Å². The van der Waals surface area contributed by atoms with E-state index in [0.29, 0.717) is 22.7 Å². The van der Waals surface area contributed by atoms with Crippen molar-refractivity contribution in [1.82, 2.24) is 15.1 Å². The van der Waals surface area contributed by atoms with Gasteiger partial charge in [0.1, 0.15) is 0 Å². The molecule has 0 aliphatic carbocycles. The third-order valence-electron chi connectivity index (χ3n) is 4.08. The molecule has 29 heavy (non-hydrogen) atoms. The summed E-state index contributed by atoms with van der Waals surface area (Å²) in [5.74, 6) is -0.231. The molecule has 0 saturated heterocycles. The molecule has 1 aromatic heterocycles. The molecule has 1 amide bonds. The lowest BCUT2D eigenvalue weighted by molar-refractivity contribution is -0.0512. The molecular weight excluding hydrogens is 404 g/mol. The highest BCUT2D eigenvalue weighted by Gasteiger charge is 2.13. The van der Waals surface area contributed by atoms with E-state index < -0.39 is 6.61 Å². The quantitative estimate of drug-likeness (QED) is 0.594. The SMILES string of the molecule is COc1cc(CNC(=O)c2cnn(Cc3ccccc3Cl)c2)ccc1OC(F)F. The number of hydrogen-bond donors (Lipinski definition) is 1. The number of amides is 1. The van der Waals surface area contributed by atoms with Crippen molar-refractivity contribution >= 4 is 17.5 Å². The molecule has 0 unspecified atom stereocenters. The smallest absolute Gasteiger partial charge is 0.387 e. The predicted molar refractivity (Wildman–Crippen MR) is 104 cm³/mol. The van der Waals surface area contributed by atoms with Crippen LogP contribution in [0.5, 0.6) is 11.5 Å². The van der Waals surface area contributed by atoms with E-state index in [2.05, 4.69) is 15.2 Å². The summed E-state index contributed by atoms with van der Waals surface area (Å²) in [6.45, 7) is -2.33. The molecule has 0 aliphatic rings. The zero-order valence-corrected chi connectivity index (χ0v) is 16.2. The molecular formula is C20H18ClF2N3O3. The Morgan fingerprint density at radius 3 is 2.76 bits per heavy atom. The van der Waals surface area contributed by atoms with Gasteiger partial charge in [0.15, 0.2) is 11.5 Å². The highest BCUT2D eigenvalue weighted by Crippen LogP contribution is 2.29. The Kier molecular flexibility index (Phi) is 6.66. The largest absolute Gasteiger partial charge is 0.493 e. The Balaban J connectivity index is 1.61. The van der Waals surface area contributed by atoms with Gasteiger partial charge in [-0.1, -0.05) is 35.9 Å². The molecule has 0 fully saturated rings. The molecule has 0 saturated carbocycles. The van der Waals surface area contributed by atoms with Gasteiger partial charge in [0.05, 0.1) is 25.4 Å². The summed E-state index contributed by atoms with van der Waals surface area (Å²) < 4.78 is 35.8. The molecule has 1 N–H and O–H groups in total. The fourth-order valence-electron chi connectivity index (χ4n) is 2.67. The second kappa shape index (κ2) is 9.38. The molecule has 2 aromatic carbocycles. The molecule has 0 spiro atoms. The molecule has 9 heteroatoms. The molecule has 1 heterocycles. The number of aromatic nitrogens is 2. The molecule has 0 aliphatic heterocycles. The highest BCUT2D eigenvalue weighted by atomic mass is 35.5. The molecule has 0 bridgehead atoms. The van der Waals surface area contributed by atoms with Crippen molar-refractivity contribution < 1.29 is 23.0 Å². The van der Waals surface area contributed by atoms with E-state index in [-0.39, 0.29) is 24.0 Å². The van der Waals surface area contributed by atoms with Gasteiger partial charge in [0.2, 0.25) is 0 Å². The van der Waals surface area contributed by atoms with E-state index in [1.807, 2.05) is 18.2 Å². The molecule has 3 rings (SSSR count). The Hall–Kier alpha value is -3.13. The number of nitrogens with zero attached hydrogens (tertiary/aromatic N) is 2. The van der Waals surface area contributed by atoms with Crippen molar-refractivity contribution in [3.05, 3.63) is 76.6 Å². The van der Waals surface area contributed by atoms with Crippen molar-refractivity contribution in [1.29, 1.82) is 0 Å². The predicted octanol–water partition coefficient (Wildman–Crippen LogP) is 4.12. The first-order valence-electron chi connectivity index (χ1n) is 8.62. The van der Waals surface area contributed by atoms with Gasteiger partial charge < -0.3 is 14.8 Å². The van der Waals surface area contributed by atoms with Gasteiger partial charge in [-0.15, -0.1) is 0 Å². The number of hydrogen-bond acceptors (Lipinski definition) is 4. The normalized spacial score (nSPS) is 10.8. The number of carbonyl (C=O) groups excluding carboxylic acids is 1. The Bertz CT molecular complexity index is 995. The number of methoxy groups -OCH3 is 1. The van der Waals surface area contributed by atoms with Crippen LogP contribution in [0, 0.1) is 0 Å². The Labute approximate surface area is 171 Å². The summed E-state index contributed by atoms with van der Waals surface area (Å²) >= 11 is 6.14. The zero-order valence-electron chi connectivity index (χ0n) is 15.4. The second-order valence-electron chi connectivity index (χ2n) is 6.06. The average Bonchev–Trinajstić information content (AvgIpc) is 3.17.